The van der Waals surface area contributed by atoms with Gasteiger partial charge in [0.1, 0.15) is 0 Å². The fraction of sp³-hybridized carbons (Fsp3) is 0.500. The largest absolute Gasteiger partial charge is 0.353 e. The smallest absolute Gasteiger partial charge is 0.237 e. The molecule has 0 aliphatic carbocycles. The first kappa shape index (κ1) is 14.7. The molecule has 0 spiro atoms. The molecule has 1 aromatic carbocycles. The molecule has 1 aliphatic rings. The van der Waals surface area contributed by atoms with Gasteiger partial charge in [0.2, 0.25) is 5.91 Å². The molecular weight excluding hydrogens is 252 g/mol. The lowest BCUT2D eigenvalue weighted by atomic mass is 10.0. The molecule has 20 heavy (non-hydrogen) atoms. The van der Waals surface area contributed by atoms with Gasteiger partial charge in [-0.05, 0) is 37.5 Å². The maximum atomic E-state index is 12.4. The lowest BCUT2D eigenvalue weighted by Crippen LogP contribution is -2.56. The Morgan fingerprint density at radius 1 is 1.35 bits per heavy atom. The third-order valence-electron chi connectivity index (χ3n) is 4.00. The molecular formula is C16H22N2O2. The summed E-state index contributed by atoms with van der Waals surface area (Å²) in [4.78, 5) is 26.1. The Hall–Kier alpha value is -1.68. The maximum Gasteiger partial charge on any atom is 0.237 e. The highest BCUT2D eigenvalue weighted by molar-refractivity contribution is 5.98. The number of ketones is 1. The zero-order valence-corrected chi connectivity index (χ0v) is 12.4. The summed E-state index contributed by atoms with van der Waals surface area (Å²) < 4.78 is 0. The highest BCUT2D eigenvalue weighted by Crippen LogP contribution is 2.13. The Morgan fingerprint density at radius 2 is 2.10 bits per heavy atom. The molecule has 1 unspecified atom stereocenters. The van der Waals surface area contributed by atoms with Crippen LogP contribution < -0.4 is 5.32 Å². The standard InChI is InChI=1S/C16H22N2O2/c1-4-14-16(20)17-7-8-18(14)10-15(19)13-6-5-11(2)12(3)9-13/h5-6,9,14H,4,7-8,10H2,1-3H3,(H,17,20). The molecule has 1 aromatic rings. The van der Waals surface area contributed by atoms with Gasteiger partial charge in [0, 0.05) is 18.7 Å². The Balaban J connectivity index is 2.10. The second kappa shape index (κ2) is 6.18. The molecule has 1 heterocycles. The van der Waals surface area contributed by atoms with Crippen molar-refractivity contribution in [3.63, 3.8) is 0 Å². The highest BCUT2D eigenvalue weighted by Gasteiger charge is 2.29. The zero-order valence-electron chi connectivity index (χ0n) is 12.4. The average Bonchev–Trinajstić information content (AvgIpc) is 2.42. The van der Waals surface area contributed by atoms with Gasteiger partial charge in [-0.25, -0.2) is 0 Å². The molecule has 1 fully saturated rings. The van der Waals surface area contributed by atoms with Crippen LogP contribution >= 0.6 is 0 Å². The van der Waals surface area contributed by atoms with Crippen LogP contribution in [0.1, 0.15) is 34.8 Å². The lowest BCUT2D eigenvalue weighted by molar-refractivity contribution is -0.128. The predicted octanol–water partition coefficient (Wildman–Crippen LogP) is 1.70. The van der Waals surface area contributed by atoms with Crippen molar-refractivity contribution < 1.29 is 9.59 Å². The van der Waals surface area contributed by atoms with Gasteiger partial charge in [-0.1, -0.05) is 19.1 Å². The quantitative estimate of drug-likeness (QED) is 0.850. The number of Topliss-reactive ketones (excluding diaryl/α,β-unsaturated/α-hetero) is 1. The number of aryl methyl sites for hydroxylation is 2. The number of benzene rings is 1. The fourth-order valence-electron chi connectivity index (χ4n) is 2.59. The summed E-state index contributed by atoms with van der Waals surface area (Å²) in [6.45, 7) is 7.69. The van der Waals surface area contributed by atoms with E-state index in [-0.39, 0.29) is 17.7 Å². The monoisotopic (exact) mass is 274 g/mol. The number of piperazine rings is 1. The molecule has 0 aromatic heterocycles. The molecule has 4 heteroatoms. The Labute approximate surface area is 120 Å². The molecule has 4 nitrogen and oxygen atoms in total. The van der Waals surface area contributed by atoms with Crippen LogP contribution in [-0.2, 0) is 4.79 Å². The summed E-state index contributed by atoms with van der Waals surface area (Å²) >= 11 is 0. The molecule has 1 N–H and O–H groups in total. The van der Waals surface area contributed by atoms with Crippen LogP contribution in [0.2, 0.25) is 0 Å². The maximum absolute atomic E-state index is 12.4. The van der Waals surface area contributed by atoms with Crippen LogP contribution in [0.15, 0.2) is 18.2 Å². The van der Waals surface area contributed by atoms with E-state index in [4.69, 9.17) is 0 Å². The topological polar surface area (TPSA) is 49.4 Å². The second-order valence-corrected chi connectivity index (χ2v) is 5.41. The van der Waals surface area contributed by atoms with Crippen molar-refractivity contribution in [3.8, 4) is 0 Å². The normalized spacial score (nSPS) is 19.8. The molecule has 1 amide bonds. The number of nitrogens with zero attached hydrogens (tertiary/aromatic N) is 1. The average molecular weight is 274 g/mol. The highest BCUT2D eigenvalue weighted by atomic mass is 16.2. The van der Waals surface area contributed by atoms with Gasteiger partial charge in [0.15, 0.2) is 5.78 Å². The first-order valence-electron chi connectivity index (χ1n) is 7.15. The van der Waals surface area contributed by atoms with Crippen molar-refractivity contribution in [2.75, 3.05) is 19.6 Å². The zero-order chi connectivity index (χ0) is 14.7. The summed E-state index contributed by atoms with van der Waals surface area (Å²) in [6, 6.07) is 5.60. The first-order valence-corrected chi connectivity index (χ1v) is 7.15. The van der Waals surface area contributed by atoms with E-state index in [0.29, 0.717) is 13.1 Å². The fourth-order valence-corrected chi connectivity index (χ4v) is 2.59. The minimum atomic E-state index is -0.181. The number of carbonyl (C=O) groups is 2. The first-order chi connectivity index (χ1) is 9.52. The summed E-state index contributed by atoms with van der Waals surface area (Å²) in [5.41, 5.74) is 3.04. The van der Waals surface area contributed by atoms with E-state index in [0.717, 1.165) is 24.1 Å². The lowest BCUT2D eigenvalue weighted by Gasteiger charge is -2.33. The predicted molar refractivity (Wildman–Crippen MR) is 78.9 cm³/mol. The van der Waals surface area contributed by atoms with Crippen LogP contribution in [-0.4, -0.2) is 42.3 Å². The number of rotatable bonds is 4. The van der Waals surface area contributed by atoms with Crippen LogP contribution in [0.3, 0.4) is 0 Å². The summed E-state index contributed by atoms with van der Waals surface area (Å²) in [7, 11) is 0. The van der Waals surface area contributed by atoms with Gasteiger partial charge >= 0.3 is 0 Å². The third-order valence-corrected chi connectivity index (χ3v) is 4.00. The number of carbonyl (C=O) groups excluding carboxylic acids is 2. The Morgan fingerprint density at radius 3 is 2.75 bits per heavy atom. The van der Waals surface area contributed by atoms with Crippen LogP contribution in [0, 0.1) is 13.8 Å². The summed E-state index contributed by atoms with van der Waals surface area (Å²) in [5, 5.41) is 2.85. The van der Waals surface area contributed by atoms with E-state index < -0.39 is 0 Å². The van der Waals surface area contributed by atoms with E-state index >= 15 is 0 Å². The van der Waals surface area contributed by atoms with E-state index in [1.54, 1.807) is 0 Å². The van der Waals surface area contributed by atoms with Crippen molar-refractivity contribution in [3.05, 3.63) is 34.9 Å². The van der Waals surface area contributed by atoms with Gasteiger partial charge in [-0.15, -0.1) is 0 Å². The van der Waals surface area contributed by atoms with E-state index in [9.17, 15) is 9.59 Å². The molecule has 108 valence electrons. The molecule has 1 atom stereocenters. The molecule has 0 radical (unpaired) electrons. The van der Waals surface area contributed by atoms with Crippen molar-refractivity contribution in [1.29, 1.82) is 0 Å². The molecule has 1 saturated heterocycles. The molecule has 2 rings (SSSR count). The number of amides is 1. The van der Waals surface area contributed by atoms with Crippen LogP contribution in [0.25, 0.3) is 0 Å². The van der Waals surface area contributed by atoms with Gasteiger partial charge < -0.3 is 5.32 Å². The van der Waals surface area contributed by atoms with Crippen LogP contribution in [0.4, 0.5) is 0 Å². The van der Waals surface area contributed by atoms with Crippen molar-refractivity contribution >= 4 is 11.7 Å². The minimum Gasteiger partial charge on any atom is -0.353 e. The Kier molecular flexibility index (Phi) is 4.55. The number of hydrogen-bond acceptors (Lipinski definition) is 3. The van der Waals surface area contributed by atoms with Gasteiger partial charge in [0.25, 0.3) is 0 Å². The number of hydrogen-bond donors (Lipinski definition) is 1. The molecule has 0 bridgehead atoms. The molecule has 0 saturated carbocycles. The minimum absolute atomic E-state index is 0.0339. The second-order valence-electron chi connectivity index (χ2n) is 5.41. The van der Waals surface area contributed by atoms with Gasteiger partial charge in [0.05, 0.1) is 12.6 Å². The van der Waals surface area contributed by atoms with Crippen molar-refractivity contribution in [1.82, 2.24) is 10.2 Å². The van der Waals surface area contributed by atoms with Gasteiger partial charge in [-0.3, -0.25) is 14.5 Å². The van der Waals surface area contributed by atoms with Crippen molar-refractivity contribution in [2.24, 2.45) is 0 Å². The van der Waals surface area contributed by atoms with E-state index in [1.165, 1.54) is 5.56 Å². The SMILES string of the molecule is CCC1C(=O)NCCN1CC(=O)c1ccc(C)c(C)c1. The van der Waals surface area contributed by atoms with E-state index in [1.807, 2.05) is 43.9 Å². The molecule has 1 aliphatic heterocycles. The third kappa shape index (κ3) is 3.07. The van der Waals surface area contributed by atoms with Crippen molar-refractivity contribution in [2.45, 2.75) is 33.2 Å². The Bertz CT molecular complexity index is 525. The van der Waals surface area contributed by atoms with E-state index in [2.05, 4.69) is 5.32 Å². The van der Waals surface area contributed by atoms with Gasteiger partial charge in [-0.2, -0.15) is 0 Å². The summed E-state index contributed by atoms with van der Waals surface area (Å²) in [5.74, 6) is 0.118. The number of nitrogens with one attached hydrogen (secondary N) is 1. The summed E-state index contributed by atoms with van der Waals surface area (Å²) in [6.07, 6.45) is 0.728. The van der Waals surface area contributed by atoms with Crippen LogP contribution in [0.5, 0.6) is 0 Å².